The molecule has 1 aromatic heterocycles. The van der Waals surface area contributed by atoms with Gasteiger partial charge in [0, 0.05) is 43.1 Å². The zero-order valence-electron chi connectivity index (χ0n) is 20.5. The predicted molar refractivity (Wildman–Crippen MR) is 136 cm³/mol. The Labute approximate surface area is 215 Å². The fourth-order valence-corrected chi connectivity index (χ4v) is 4.59. The number of thiazole rings is 1. The second-order valence-corrected chi connectivity index (χ2v) is 10.4. The molecule has 3 aromatic rings. The fraction of sp³-hybridized carbons (Fsp3) is 0.320. The summed E-state index contributed by atoms with van der Waals surface area (Å²) in [5.74, 6) is -5.44. The molecule has 1 amide bonds. The summed E-state index contributed by atoms with van der Waals surface area (Å²) < 4.78 is 45.7. The Morgan fingerprint density at radius 3 is 2.19 bits per heavy atom. The number of benzene rings is 2. The average molecular weight is 534 g/mol. The van der Waals surface area contributed by atoms with Crippen LogP contribution in [0.25, 0.3) is 0 Å². The number of amides is 1. The second kappa shape index (κ2) is 10.3. The molecule has 2 aromatic carbocycles. The Morgan fingerprint density at radius 1 is 1.03 bits per heavy atom. The molecular weight excluding hydrogens is 507 g/mol. The number of anilines is 4. The number of nitrogen functional groups attached to an aromatic ring is 1. The van der Waals surface area contributed by atoms with E-state index in [9.17, 15) is 22.8 Å². The molecule has 1 saturated heterocycles. The van der Waals surface area contributed by atoms with Crippen molar-refractivity contribution in [1.29, 1.82) is 0 Å². The zero-order valence-corrected chi connectivity index (χ0v) is 21.3. The maximum atomic E-state index is 13.5. The van der Waals surface area contributed by atoms with Crippen molar-refractivity contribution >= 4 is 45.5 Å². The topological polar surface area (TPSA) is 101 Å². The maximum Gasteiger partial charge on any atom is 0.410 e. The minimum atomic E-state index is -1.65. The summed E-state index contributed by atoms with van der Waals surface area (Å²) in [5.41, 5.74) is 6.62. The summed E-state index contributed by atoms with van der Waals surface area (Å²) in [7, 11) is 0. The zero-order chi connectivity index (χ0) is 26.9. The van der Waals surface area contributed by atoms with Gasteiger partial charge in [-0.05, 0) is 57.2 Å². The van der Waals surface area contributed by atoms with Crippen LogP contribution in [0.2, 0.25) is 0 Å². The Morgan fingerprint density at radius 2 is 1.62 bits per heavy atom. The molecule has 1 aliphatic heterocycles. The van der Waals surface area contributed by atoms with Gasteiger partial charge in [-0.3, -0.25) is 4.79 Å². The standard InChI is InChI=1S/C25H26F3N5O3S/c1-25(2,3)36-24(35)33-10-8-32(9-11-33)16-6-4-15(5-7-16)30-23-31-22(29)21(37-23)20(34)14-12-17(26)19(28)18(27)13-14/h4-7,12-13H,8-11,29H2,1-3H3,(H,30,31). The molecule has 0 aliphatic carbocycles. The van der Waals surface area contributed by atoms with Crippen molar-refractivity contribution in [2.45, 2.75) is 26.4 Å². The molecule has 4 rings (SSSR count). The Bertz CT molecular complexity index is 1290. The molecule has 0 atom stereocenters. The van der Waals surface area contributed by atoms with Gasteiger partial charge in [0.15, 0.2) is 22.6 Å². The first kappa shape index (κ1) is 26.3. The van der Waals surface area contributed by atoms with Crippen LogP contribution in [0.3, 0.4) is 0 Å². The highest BCUT2D eigenvalue weighted by atomic mass is 32.1. The molecule has 12 heteroatoms. The molecule has 0 radical (unpaired) electrons. The lowest BCUT2D eigenvalue weighted by Crippen LogP contribution is -2.50. The molecule has 8 nitrogen and oxygen atoms in total. The van der Waals surface area contributed by atoms with Crippen molar-refractivity contribution in [2.24, 2.45) is 0 Å². The summed E-state index contributed by atoms with van der Waals surface area (Å²) in [6.45, 7) is 7.92. The highest BCUT2D eigenvalue weighted by molar-refractivity contribution is 7.18. The van der Waals surface area contributed by atoms with E-state index in [1.54, 1.807) is 4.90 Å². The van der Waals surface area contributed by atoms with Crippen molar-refractivity contribution < 1.29 is 27.5 Å². The number of piperazine rings is 1. The van der Waals surface area contributed by atoms with Gasteiger partial charge in [-0.15, -0.1) is 0 Å². The molecular formula is C25H26F3N5O3S. The van der Waals surface area contributed by atoms with E-state index in [0.29, 0.717) is 49.1 Å². The highest BCUT2D eigenvalue weighted by Gasteiger charge is 2.26. The van der Waals surface area contributed by atoms with E-state index in [1.807, 2.05) is 45.0 Å². The van der Waals surface area contributed by atoms with E-state index in [1.165, 1.54) is 0 Å². The summed E-state index contributed by atoms with van der Waals surface area (Å²) >= 11 is 0.917. The summed E-state index contributed by atoms with van der Waals surface area (Å²) in [6.07, 6.45) is -0.318. The lowest BCUT2D eigenvalue weighted by Gasteiger charge is -2.36. The number of nitrogens with one attached hydrogen (secondary N) is 1. The van der Waals surface area contributed by atoms with E-state index >= 15 is 0 Å². The van der Waals surface area contributed by atoms with Crippen LogP contribution >= 0.6 is 11.3 Å². The predicted octanol–water partition coefficient (Wildman–Crippen LogP) is 5.17. The van der Waals surface area contributed by atoms with Gasteiger partial charge in [-0.1, -0.05) is 11.3 Å². The van der Waals surface area contributed by atoms with Crippen molar-refractivity contribution in [3.8, 4) is 0 Å². The minimum absolute atomic E-state index is 0.0209. The van der Waals surface area contributed by atoms with Gasteiger partial charge in [-0.25, -0.2) is 22.9 Å². The van der Waals surface area contributed by atoms with Crippen LogP contribution in [0.4, 0.5) is 40.3 Å². The van der Waals surface area contributed by atoms with Gasteiger partial charge in [0.1, 0.15) is 16.3 Å². The average Bonchev–Trinajstić information content (AvgIpc) is 3.21. The normalized spacial score (nSPS) is 14.0. The van der Waals surface area contributed by atoms with Crippen LogP contribution in [0.5, 0.6) is 0 Å². The van der Waals surface area contributed by atoms with Gasteiger partial charge in [0.25, 0.3) is 0 Å². The molecule has 0 bridgehead atoms. The van der Waals surface area contributed by atoms with Crippen LogP contribution in [-0.2, 0) is 4.74 Å². The van der Waals surface area contributed by atoms with Crippen LogP contribution in [-0.4, -0.2) is 53.5 Å². The number of aromatic nitrogens is 1. The number of hydrogen-bond acceptors (Lipinski definition) is 8. The number of halogens is 3. The SMILES string of the molecule is CC(C)(C)OC(=O)N1CCN(c2ccc(Nc3nc(N)c(C(=O)c4cc(F)c(F)c(F)c4)s3)cc2)CC1. The summed E-state index contributed by atoms with van der Waals surface area (Å²) in [4.78, 5) is 32.9. The quantitative estimate of drug-likeness (QED) is 0.345. The fourth-order valence-electron chi connectivity index (χ4n) is 3.72. The summed E-state index contributed by atoms with van der Waals surface area (Å²) in [5, 5.41) is 3.36. The number of ketones is 1. The van der Waals surface area contributed by atoms with Crippen LogP contribution in [0, 0.1) is 17.5 Å². The van der Waals surface area contributed by atoms with Gasteiger partial charge in [-0.2, -0.15) is 0 Å². The van der Waals surface area contributed by atoms with Crippen molar-refractivity contribution in [3.63, 3.8) is 0 Å². The molecule has 0 unspecified atom stereocenters. The van der Waals surface area contributed by atoms with E-state index in [4.69, 9.17) is 10.5 Å². The first-order valence-electron chi connectivity index (χ1n) is 11.5. The number of carbonyl (C=O) groups excluding carboxylic acids is 2. The molecule has 0 spiro atoms. The Balaban J connectivity index is 1.38. The molecule has 0 saturated carbocycles. The van der Waals surface area contributed by atoms with Crippen LogP contribution in [0.1, 0.15) is 36.0 Å². The first-order chi connectivity index (χ1) is 17.4. The smallest absolute Gasteiger partial charge is 0.410 e. The molecule has 37 heavy (non-hydrogen) atoms. The van der Waals surface area contributed by atoms with E-state index in [0.717, 1.165) is 17.0 Å². The highest BCUT2D eigenvalue weighted by Crippen LogP contribution is 2.31. The number of rotatable bonds is 5. The third kappa shape index (κ3) is 6.13. The molecule has 3 N–H and O–H groups in total. The van der Waals surface area contributed by atoms with Crippen LogP contribution < -0.4 is 16.0 Å². The van der Waals surface area contributed by atoms with Gasteiger partial charge in [0.2, 0.25) is 5.78 Å². The number of ether oxygens (including phenoxy) is 1. The summed E-state index contributed by atoms with van der Waals surface area (Å²) in [6, 6.07) is 8.74. The first-order valence-corrected chi connectivity index (χ1v) is 12.3. The maximum absolute atomic E-state index is 13.5. The molecule has 1 fully saturated rings. The van der Waals surface area contributed by atoms with E-state index in [-0.39, 0.29) is 22.4 Å². The second-order valence-electron chi connectivity index (χ2n) is 9.44. The number of nitrogens with two attached hydrogens (primary N) is 1. The lowest BCUT2D eigenvalue weighted by atomic mass is 10.1. The Kier molecular flexibility index (Phi) is 7.30. The molecule has 2 heterocycles. The molecule has 1 aliphatic rings. The van der Waals surface area contributed by atoms with Gasteiger partial charge in [0.05, 0.1) is 0 Å². The van der Waals surface area contributed by atoms with Crippen molar-refractivity contribution in [3.05, 3.63) is 64.3 Å². The number of nitrogens with zero attached hydrogens (tertiary/aromatic N) is 3. The number of hydrogen-bond donors (Lipinski definition) is 2. The largest absolute Gasteiger partial charge is 0.444 e. The van der Waals surface area contributed by atoms with Crippen molar-refractivity contribution in [1.82, 2.24) is 9.88 Å². The van der Waals surface area contributed by atoms with Crippen molar-refractivity contribution in [2.75, 3.05) is 42.1 Å². The third-order valence-corrected chi connectivity index (χ3v) is 6.51. The lowest BCUT2D eigenvalue weighted by molar-refractivity contribution is 0.0240. The van der Waals surface area contributed by atoms with Crippen LogP contribution in [0.15, 0.2) is 36.4 Å². The Hall–Kier alpha value is -3.80. The monoisotopic (exact) mass is 533 g/mol. The third-order valence-electron chi connectivity index (χ3n) is 5.52. The van der Waals surface area contributed by atoms with E-state index < -0.39 is 28.8 Å². The number of carbonyl (C=O) groups is 2. The van der Waals surface area contributed by atoms with Gasteiger partial charge < -0.3 is 25.6 Å². The minimum Gasteiger partial charge on any atom is -0.444 e. The van der Waals surface area contributed by atoms with Gasteiger partial charge >= 0.3 is 6.09 Å². The molecule has 196 valence electrons. The van der Waals surface area contributed by atoms with E-state index in [2.05, 4.69) is 15.2 Å².